The Balaban J connectivity index is 1.66. The van der Waals surface area contributed by atoms with Crippen LogP contribution in [0.4, 0.5) is 0 Å². The number of aromatic nitrogens is 2. The molecule has 0 saturated carbocycles. The van der Waals surface area contributed by atoms with Gasteiger partial charge in [-0.15, -0.1) is 0 Å². The zero-order valence-corrected chi connectivity index (χ0v) is 12.7. The summed E-state index contributed by atoms with van der Waals surface area (Å²) in [7, 11) is 1.71. The molecule has 21 heavy (non-hydrogen) atoms. The molecule has 2 heterocycles. The van der Waals surface area contributed by atoms with Gasteiger partial charge in [-0.05, 0) is 38.9 Å². The molecule has 0 spiro atoms. The maximum Gasteiger partial charge on any atom is 0.269 e. The quantitative estimate of drug-likeness (QED) is 0.753. The number of amides is 2. The lowest BCUT2D eigenvalue weighted by Gasteiger charge is -2.14. The number of carbonyl (C=O) groups is 2. The lowest BCUT2D eigenvalue weighted by atomic mass is 10.3. The number of nitrogens with one attached hydrogen (secondary N) is 2. The summed E-state index contributed by atoms with van der Waals surface area (Å²) in [6.07, 6.45) is 2.49. The Morgan fingerprint density at radius 1 is 1.29 bits per heavy atom. The Hall–Kier alpha value is -1.89. The second kappa shape index (κ2) is 7.21. The van der Waals surface area contributed by atoms with E-state index in [1.54, 1.807) is 13.1 Å². The first-order chi connectivity index (χ1) is 10.1. The molecule has 1 saturated heterocycles. The molecule has 0 atom stereocenters. The number of hydrogen-bond donors (Lipinski definition) is 2. The van der Waals surface area contributed by atoms with Crippen molar-refractivity contribution in [2.75, 3.05) is 32.7 Å². The Morgan fingerprint density at radius 3 is 2.62 bits per heavy atom. The first-order valence-corrected chi connectivity index (χ1v) is 7.34. The molecule has 1 aromatic rings. The van der Waals surface area contributed by atoms with Gasteiger partial charge in [0.05, 0.1) is 12.2 Å². The van der Waals surface area contributed by atoms with E-state index in [2.05, 4.69) is 20.6 Å². The summed E-state index contributed by atoms with van der Waals surface area (Å²) < 4.78 is 1.51. The minimum atomic E-state index is -0.284. The number of hydrogen-bond acceptors (Lipinski definition) is 4. The molecule has 7 heteroatoms. The van der Waals surface area contributed by atoms with Crippen molar-refractivity contribution in [1.29, 1.82) is 0 Å². The Kier molecular flexibility index (Phi) is 5.32. The minimum Gasteiger partial charge on any atom is -0.353 e. The van der Waals surface area contributed by atoms with E-state index in [9.17, 15) is 9.59 Å². The van der Waals surface area contributed by atoms with Crippen LogP contribution in [-0.2, 0) is 11.8 Å². The van der Waals surface area contributed by atoms with Crippen molar-refractivity contribution in [2.24, 2.45) is 7.05 Å². The van der Waals surface area contributed by atoms with Crippen molar-refractivity contribution in [1.82, 2.24) is 25.3 Å². The largest absolute Gasteiger partial charge is 0.353 e. The smallest absolute Gasteiger partial charge is 0.269 e. The summed E-state index contributed by atoms with van der Waals surface area (Å²) in [4.78, 5) is 25.9. The Bertz CT molecular complexity index is 505. The zero-order chi connectivity index (χ0) is 15.2. The molecule has 2 rings (SSSR count). The third kappa shape index (κ3) is 4.56. The summed E-state index contributed by atoms with van der Waals surface area (Å²) in [6.45, 7) is 5.55. The van der Waals surface area contributed by atoms with Crippen LogP contribution in [0.15, 0.2) is 6.07 Å². The second-order valence-corrected chi connectivity index (χ2v) is 5.38. The molecule has 1 aromatic heterocycles. The van der Waals surface area contributed by atoms with E-state index >= 15 is 0 Å². The van der Waals surface area contributed by atoms with E-state index in [1.165, 1.54) is 17.5 Å². The molecule has 2 N–H and O–H groups in total. The van der Waals surface area contributed by atoms with Crippen LogP contribution in [-0.4, -0.2) is 59.2 Å². The van der Waals surface area contributed by atoms with Crippen LogP contribution in [0.5, 0.6) is 0 Å². The summed E-state index contributed by atoms with van der Waals surface area (Å²) >= 11 is 0. The van der Waals surface area contributed by atoms with Crippen molar-refractivity contribution in [3.63, 3.8) is 0 Å². The second-order valence-electron chi connectivity index (χ2n) is 5.38. The van der Waals surface area contributed by atoms with E-state index in [0.717, 1.165) is 25.3 Å². The van der Waals surface area contributed by atoms with Gasteiger partial charge < -0.3 is 15.5 Å². The maximum absolute atomic E-state index is 11.9. The highest BCUT2D eigenvalue weighted by Gasteiger charge is 2.13. The van der Waals surface area contributed by atoms with Crippen molar-refractivity contribution < 1.29 is 9.59 Å². The molecule has 0 aliphatic carbocycles. The highest BCUT2D eigenvalue weighted by Crippen LogP contribution is 2.05. The number of likely N-dealkylation sites (tertiary alicyclic amines) is 1. The van der Waals surface area contributed by atoms with Crippen molar-refractivity contribution in [3.8, 4) is 0 Å². The number of aryl methyl sites for hydroxylation is 2. The molecule has 7 nitrogen and oxygen atoms in total. The zero-order valence-electron chi connectivity index (χ0n) is 12.7. The van der Waals surface area contributed by atoms with E-state index in [4.69, 9.17) is 0 Å². The average Bonchev–Trinajstić information content (AvgIpc) is 3.06. The van der Waals surface area contributed by atoms with Crippen LogP contribution in [0.25, 0.3) is 0 Å². The van der Waals surface area contributed by atoms with Gasteiger partial charge in [-0.25, -0.2) is 0 Å². The molecule has 0 radical (unpaired) electrons. The van der Waals surface area contributed by atoms with Gasteiger partial charge in [0.1, 0.15) is 5.69 Å². The van der Waals surface area contributed by atoms with Gasteiger partial charge in [0.2, 0.25) is 5.91 Å². The third-order valence-corrected chi connectivity index (χ3v) is 3.59. The number of carbonyl (C=O) groups excluding carboxylic acids is 2. The van der Waals surface area contributed by atoms with Gasteiger partial charge in [0, 0.05) is 20.1 Å². The van der Waals surface area contributed by atoms with Crippen molar-refractivity contribution >= 4 is 11.8 Å². The first-order valence-electron chi connectivity index (χ1n) is 7.34. The van der Waals surface area contributed by atoms with Crippen LogP contribution in [0.1, 0.15) is 29.0 Å². The summed E-state index contributed by atoms with van der Waals surface area (Å²) in [5, 5.41) is 9.53. The van der Waals surface area contributed by atoms with Crippen LogP contribution in [0.3, 0.4) is 0 Å². The molecule has 0 unspecified atom stereocenters. The molecule has 116 valence electrons. The number of rotatable bonds is 6. The van der Waals surface area contributed by atoms with E-state index < -0.39 is 0 Å². The molecule has 1 aliphatic rings. The number of nitrogens with zero attached hydrogens (tertiary/aromatic N) is 3. The molecular formula is C14H23N5O2. The van der Waals surface area contributed by atoms with Gasteiger partial charge in [-0.2, -0.15) is 5.10 Å². The monoisotopic (exact) mass is 293 g/mol. The fourth-order valence-electron chi connectivity index (χ4n) is 2.50. The van der Waals surface area contributed by atoms with E-state index in [0.29, 0.717) is 12.2 Å². The highest BCUT2D eigenvalue weighted by molar-refractivity contribution is 5.95. The minimum absolute atomic E-state index is 0.0109. The van der Waals surface area contributed by atoms with E-state index in [-0.39, 0.29) is 18.4 Å². The Labute approximate surface area is 124 Å². The van der Waals surface area contributed by atoms with Crippen LogP contribution < -0.4 is 10.6 Å². The molecule has 0 aromatic carbocycles. The van der Waals surface area contributed by atoms with Crippen LogP contribution in [0, 0.1) is 6.92 Å². The van der Waals surface area contributed by atoms with E-state index in [1.807, 2.05) is 6.92 Å². The fraction of sp³-hybridized carbons (Fsp3) is 0.643. The third-order valence-electron chi connectivity index (χ3n) is 3.59. The van der Waals surface area contributed by atoms with Gasteiger partial charge >= 0.3 is 0 Å². The van der Waals surface area contributed by atoms with Crippen LogP contribution in [0.2, 0.25) is 0 Å². The molecule has 2 amide bonds. The van der Waals surface area contributed by atoms with Crippen molar-refractivity contribution in [2.45, 2.75) is 19.8 Å². The highest BCUT2D eigenvalue weighted by atomic mass is 16.2. The summed E-state index contributed by atoms with van der Waals surface area (Å²) in [5.41, 5.74) is 1.23. The summed E-state index contributed by atoms with van der Waals surface area (Å²) in [5.74, 6) is -0.450. The normalized spacial score (nSPS) is 15.1. The maximum atomic E-state index is 11.9. The molecule has 1 aliphatic heterocycles. The van der Waals surface area contributed by atoms with Crippen LogP contribution >= 0.6 is 0 Å². The predicted molar refractivity (Wildman–Crippen MR) is 79.0 cm³/mol. The van der Waals surface area contributed by atoms with Gasteiger partial charge in [-0.1, -0.05) is 0 Å². The molecule has 0 bridgehead atoms. The lowest BCUT2D eigenvalue weighted by molar-refractivity contribution is -0.120. The lowest BCUT2D eigenvalue weighted by Crippen LogP contribution is -2.40. The SMILES string of the molecule is Cc1cc(C(=O)NCC(=O)NCCN2CCCC2)n(C)n1. The van der Waals surface area contributed by atoms with Crippen molar-refractivity contribution in [3.05, 3.63) is 17.5 Å². The predicted octanol–water partition coefficient (Wildman–Crippen LogP) is -0.330. The molecule has 1 fully saturated rings. The fourth-order valence-corrected chi connectivity index (χ4v) is 2.50. The summed E-state index contributed by atoms with van der Waals surface area (Å²) in [6, 6.07) is 1.70. The van der Waals surface area contributed by atoms with Gasteiger partial charge in [-0.3, -0.25) is 14.3 Å². The standard InChI is InChI=1S/C14H23N5O2/c1-11-9-12(18(2)17-11)14(21)16-10-13(20)15-5-8-19-6-3-4-7-19/h9H,3-8,10H2,1-2H3,(H,15,20)(H,16,21). The molecular weight excluding hydrogens is 270 g/mol. The topological polar surface area (TPSA) is 79.3 Å². The average molecular weight is 293 g/mol. The Morgan fingerprint density at radius 2 is 2.00 bits per heavy atom. The van der Waals surface area contributed by atoms with Gasteiger partial charge in [0.25, 0.3) is 5.91 Å². The van der Waals surface area contributed by atoms with Gasteiger partial charge in [0.15, 0.2) is 0 Å². The first kappa shape index (κ1) is 15.5.